The Balaban J connectivity index is 1.12. The first-order chi connectivity index (χ1) is 19.1. The topological polar surface area (TPSA) is 92.8 Å². The van der Waals surface area contributed by atoms with Gasteiger partial charge in [0, 0.05) is 43.7 Å². The third kappa shape index (κ3) is 7.86. The van der Waals surface area contributed by atoms with Gasteiger partial charge in [-0.1, -0.05) is 48.5 Å². The van der Waals surface area contributed by atoms with Gasteiger partial charge in [0.2, 0.25) is 5.91 Å². The van der Waals surface area contributed by atoms with Gasteiger partial charge in [0.1, 0.15) is 30.5 Å². The predicted octanol–water partition coefficient (Wildman–Crippen LogP) is 3.65. The summed E-state index contributed by atoms with van der Waals surface area (Å²) >= 11 is 1.49. The SMILES string of the molecule is O=C(Cc1csc(-c2ccc3ccc(OCCN4CCNCC4)cc3c2)n1)NCC(=O)OCc1ccccc1. The fourth-order valence-electron chi connectivity index (χ4n) is 4.38. The lowest BCUT2D eigenvalue weighted by Gasteiger charge is -2.26. The quantitative estimate of drug-likeness (QED) is 0.279. The maximum atomic E-state index is 12.4. The van der Waals surface area contributed by atoms with Gasteiger partial charge in [-0.3, -0.25) is 14.5 Å². The lowest BCUT2D eigenvalue weighted by atomic mass is 10.1. The normalized spacial score (nSPS) is 13.7. The largest absolute Gasteiger partial charge is 0.492 e. The molecule has 0 aliphatic carbocycles. The highest BCUT2D eigenvalue weighted by Gasteiger charge is 2.12. The van der Waals surface area contributed by atoms with Gasteiger partial charge in [-0.15, -0.1) is 11.3 Å². The van der Waals surface area contributed by atoms with Crippen molar-refractivity contribution in [3.05, 3.63) is 83.4 Å². The minimum atomic E-state index is -0.477. The van der Waals surface area contributed by atoms with E-state index in [0.717, 1.165) is 65.4 Å². The Bertz CT molecular complexity index is 1400. The molecule has 1 amide bonds. The van der Waals surface area contributed by atoms with Gasteiger partial charge in [0.25, 0.3) is 0 Å². The summed E-state index contributed by atoms with van der Waals surface area (Å²) in [6.07, 6.45) is 0.0983. The van der Waals surface area contributed by atoms with Crippen molar-refractivity contribution in [3.8, 4) is 16.3 Å². The lowest BCUT2D eigenvalue weighted by molar-refractivity contribution is -0.145. The van der Waals surface area contributed by atoms with Gasteiger partial charge in [0.05, 0.1) is 12.1 Å². The van der Waals surface area contributed by atoms with E-state index >= 15 is 0 Å². The number of nitrogens with zero attached hydrogens (tertiary/aromatic N) is 2. The number of aromatic nitrogens is 1. The Morgan fingerprint density at radius 3 is 2.67 bits per heavy atom. The highest BCUT2D eigenvalue weighted by molar-refractivity contribution is 7.13. The minimum Gasteiger partial charge on any atom is -0.492 e. The summed E-state index contributed by atoms with van der Waals surface area (Å²) in [5, 5.41) is 10.9. The van der Waals surface area contributed by atoms with Crippen LogP contribution in [0.4, 0.5) is 0 Å². The van der Waals surface area contributed by atoms with E-state index in [1.165, 1.54) is 11.3 Å². The molecule has 3 aromatic carbocycles. The number of fused-ring (bicyclic) bond motifs is 1. The molecule has 1 saturated heterocycles. The van der Waals surface area contributed by atoms with Crippen molar-refractivity contribution in [1.29, 1.82) is 0 Å². The Hall–Kier alpha value is -3.79. The molecule has 0 bridgehead atoms. The van der Waals surface area contributed by atoms with Crippen LogP contribution in [-0.2, 0) is 27.4 Å². The summed E-state index contributed by atoms with van der Waals surface area (Å²) < 4.78 is 11.2. The zero-order chi connectivity index (χ0) is 26.9. The van der Waals surface area contributed by atoms with Crippen molar-refractivity contribution in [2.45, 2.75) is 13.0 Å². The molecule has 2 heterocycles. The second-order valence-corrected chi connectivity index (χ2v) is 10.3. The molecule has 1 aromatic heterocycles. The number of amides is 1. The first-order valence-corrected chi connectivity index (χ1v) is 14.0. The molecule has 0 saturated carbocycles. The van der Waals surface area contributed by atoms with Gasteiger partial charge >= 0.3 is 5.97 Å². The third-order valence-electron chi connectivity index (χ3n) is 6.51. The van der Waals surface area contributed by atoms with Crippen LogP contribution >= 0.6 is 11.3 Å². The van der Waals surface area contributed by atoms with Gasteiger partial charge in [-0.2, -0.15) is 0 Å². The van der Waals surface area contributed by atoms with Crippen LogP contribution in [0.3, 0.4) is 0 Å². The number of ether oxygens (including phenoxy) is 2. The molecule has 0 unspecified atom stereocenters. The standard InChI is InChI=1S/C30H32N4O4S/c35-28(32-19-29(36)38-20-22-4-2-1-3-5-22)18-26-21-39-30(33-26)24-7-6-23-8-9-27(17-25(23)16-24)37-15-14-34-12-10-31-11-13-34/h1-9,16-17,21,31H,10-15,18-20H2,(H,32,35). The zero-order valence-corrected chi connectivity index (χ0v) is 22.5. The van der Waals surface area contributed by atoms with E-state index in [2.05, 4.69) is 44.8 Å². The fourth-order valence-corrected chi connectivity index (χ4v) is 5.20. The summed E-state index contributed by atoms with van der Waals surface area (Å²) in [6, 6.07) is 21.8. The molecule has 2 N–H and O–H groups in total. The Morgan fingerprint density at radius 2 is 1.82 bits per heavy atom. The van der Waals surface area contributed by atoms with E-state index in [1.807, 2.05) is 47.8 Å². The maximum Gasteiger partial charge on any atom is 0.325 e. The molecule has 8 nitrogen and oxygen atoms in total. The Kier molecular flexibility index (Phi) is 9.16. The first-order valence-electron chi connectivity index (χ1n) is 13.1. The average molecular weight is 545 g/mol. The lowest BCUT2D eigenvalue weighted by Crippen LogP contribution is -2.44. The number of hydrogen-bond donors (Lipinski definition) is 2. The van der Waals surface area contributed by atoms with E-state index in [4.69, 9.17) is 9.47 Å². The summed E-state index contributed by atoms with van der Waals surface area (Å²) in [6.45, 7) is 5.77. The molecule has 202 valence electrons. The molecule has 1 fully saturated rings. The van der Waals surface area contributed by atoms with Crippen molar-refractivity contribution in [3.63, 3.8) is 0 Å². The summed E-state index contributed by atoms with van der Waals surface area (Å²) in [7, 11) is 0. The number of benzene rings is 3. The number of rotatable bonds is 11. The molecule has 0 spiro atoms. The molecule has 1 aliphatic rings. The first kappa shape index (κ1) is 26.8. The fraction of sp³-hybridized carbons (Fsp3) is 0.300. The average Bonchev–Trinajstić information content (AvgIpc) is 3.44. The van der Waals surface area contributed by atoms with E-state index in [-0.39, 0.29) is 25.5 Å². The van der Waals surface area contributed by atoms with Crippen LogP contribution in [0.2, 0.25) is 0 Å². The van der Waals surface area contributed by atoms with Crippen LogP contribution in [0.5, 0.6) is 5.75 Å². The van der Waals surface area contributed by atoms with E-state index in [1.54, 1.807) is 0 Å². The van der Waals surface area contributed by atoms with Gasteiger partial charge in [0.15, 0.2) is 0 Å². The van der Waals surface area contributed by atoms with Crippen molar-refractivity contribution in [2.24, 2.45) is 0 Å². The number of carbonyl (C=O) groups excluding carboxylic acids is 2. The van der Waals surface area contributed by atoms with Crippen LogP contribution in [-0.4, -0.2) is 67.6 Å². The van der Waals surface area contributed by atoms with Crippen molar-refractivity contribution in [2.75, 3.05) is 45.9 Å². The predicted molar refractivity (Wildman–Crippen MR) is 153 cm³/mol. The smallest absolute Gasteiger partial charge is 0.325 e. The van der Waals surface area contributed by atoms with Gasteiger partial charge in [-0.25, -0.2) is 4.98 Å². The number of esters is 1. The number of hydrogen-bond acceptors (Lipinski definition) is 8. The van der Waals surface area contributed by atoms with Crippen LogP contribution in [0.1, 0.15) is 11.3 Å². The molecule has 1 aliphatic heterocycles. The molecule has 4 aromatic rings. The number of carbonyl (C=O) groups is 2. The van der Waals surface area contributed by atoms with Crippen LogP contribution in [0.15, 0.2) is 72.1 Å². The molecule has 0 radical (unpaired) electrons. The summed E-state index contributed by atoms with van der Waals surface area (Å²) in [5.74, 6) is 0.104. The summed E-state index contributed by atoms with van der Waals surface area (Å²) in [5.41, 5.74) is 2.55. The monoisotopic (exact) mass is 544 g/mol. The molecule has 5 rings (SSSR count). The van der Waals surface area contributed by atoms with Crippen LogP contribution in [0.25, 0.3) is 21.3 Å². The van der Waals surface area contributed by atoms with Crippen molar-refractivity contribution >= 4 is 34.0 Å². The number of piperazine rings is 1. The zero-order valence-electron chi connectivity index (χ0n) is 21.7. The highest BCUT2D eigenvalue weighted by Crippen LogP contribution is 2.29. The highest BCUT2D eigenvalue weighted by atomic mass is 32.1. The second-order valence-electron chi connectivity index (χ2n) is 9.41. The van der Waals surface area contributed by atoms with Gasteiger partial charge < -0.3 is 20.1 Å². The van der Waals surface area contributed by atoms with E-state index in [0.29, 0.717) is 12.3 Å². The van der Waals surface area contributed by atoms with Crippen LogP contribution in [0, 0.1) is 0 Å². The Morgan fingerprint density at radius 1 is 1.00 bits per heavy atom. The second kappa shape index (κ2) is 13.3. The minimum absolute atomic E-state index is 0.0983. The van der Waals surface area contributed by atoms with Crippen molar-refractivity contribution in [1.82, 2.24) is 20.5 Å². The molecule has 9 heteroatoms. The Labute approximate surface area is 232 Å². The third-order valence-corrected chi connectivity index (χ3v) is 7.45. The molecular formula is C30H32N4O4S. The van der Waals surface area contributed by atoms with Gasteiger partial charge in [-0.05, 0) is 34.5 Å². The van der Waals surface area contributed by atoms with E-state index in [9.17, 15) is 9.59 Å². The summed E-state index contributed by atoms with van der Waals surface area (Å²) in [4.78, 5) is 31.4. The molecule has 39 heavy (non-hydrogen) atoms. The molecule has 0 atom stereocenters. The van der Waals surface area contributed by atoms with Crippen LogP contribution < -0.4 is 15.4 Å². The number of thiazole rings is 1. The number of nitrogens with one attached hydrogen (secondary N) is 2. The van der Waals surface area contributed by atoms with E-state index < -0.39 is 5.97 Å². The van der Waals surface area contributed by atoms with Crippen molar-refractivity contribution < 1.29 is 19.1 Å². The maximum absolute atomic E-state index is 12.4. The molecular weight excluding hydrogens is 512 g/mol.